The van der Waals surface area contributed by atoms with Gasteiger partial charge in [-0.15, -0.1) is 0 Å². The van der Waals surface area contributed by atoms with Gasteiger partial charge in [-0.2, -0.15) is 0 Å². The molecule has 4 amide bonds. The molecule has 13 nitrogen and oxygen atoms in total. The Morgan fingerprint density at radius 3 is 2.11 bits per heavy atom. The molecule has 0 aliphatic rings. The van der Waals surface area contributed by atoms with Crippen molar-refractivity contribution >= 4 is 40.5 Å². The van der Waals surface area contributed by atoms with E-state index in [0.717, 1.165) is 10.9 Å². The first-order chi connectivity index (χ1) is 16.9. The number of aliphatic hydroxyl groups excluding tert-OH is 1. The van der Waals surface area contributed by atoms with Crippen molar-refractivity contribution in [3.05, 3.63) is 36.0 Å². The summed E-state index contributed by atoms with van der Waals surface area (Å²) in [5.74, 6) is -5.12. The second-order valence-corrected chi connectivity index (χ2v) is 8.71. The lowest BCUT2D eigenvalue weighted by Crippen LogP contribution is -2.59. The summed E-state index contributed by atoms with van der Waals surface area (Å²) < 4.78 is 0. The molecule has 0 radical (unpaired) electrons. The van der Waals surface area contributed by atoms with Crippen LogP contribution in [0.2, 0.25) is 0 Å². The van der Waals surface area contributed by atoms with Crippen LogP contribution >= 0.6 is 0 Å². The van der Waals surface area contributed by atoms with Gasteiger partial charge in [-0.25, -0.2) is 4.79 Å². The number of aromatic nitrogens is 1. The van der Waals surface area contributed by atoms with Gasteiger partial charge in [-0.1, -0.05) is 32.0 Å². The molecule has 2 rings (SSSR count). The predicted octanol–water partition coefficient (Wildman–Crippen LogP) is -1.90. The van der Waals surface area contributed by atoms with E-state index in [-0.39, 0.29) is 12.3 Å². The van der Waals surface area contributed by atoms with Gasteiger partial charge in [0.1, 0.15) is 18.1 Å². The molecular weight excluding hydrogens is 472 g/mol. The van der Waals surface area contributed by atoms with Crippen LogP contribution in [0, 0.1) is 5.92 Å². The Morgan fingerprint density at radius 2 is 1.53 bits per heavy atom. The molecule has 4 atom stereocenters. The Bertz CT molecular complexity index is 1120. The van der Waals surface area contributed by atoms with Crippen molar-refractivity contribution in [3.63, 3.8) is 0 Å². The fourth-order valence-electron chi connectivity index (χ4n) is 3.44. The van der Waals surface area contributed by atoms with E-state index < -0.39 is 66.8 Å². The van der Waals surface area contributed by atoms with E-state index in [0.29, 0.717) is 5.56 Å². The molecule has 10 N–H and O–H groups in total. The zero-order chi connectivity index (χ0) is 27.0. The van der Waals surface area contributed by atoms with E-state index in [9.17, 15) is 34.2 Å². The van der Waals surface area contributed by atoms with Crippen molar-refractivity contribution in [1.82, 2.24) is 20.9 Å². The first-order valence-electron chi connectivity index (χ1n) is 11.3. The van der Waals surface area contributed by atoms with E-state index in [4.69, 9.17) is 11.5 Å². The van der Waals surface area contributed by atoms with Gasteiger partial charge in [0.2, 0.25) is 23.6 Å². The Morgan fingerprint density at radius 1 is 0.944 bits per heavy atom. The van der Waals surface area contributed by atoms with Gasteiger partial charge in [0.25, 0.3) is 0 Å². The van der Waals surface area contributed by atoms with Gasteiger partial charge in [0.15, 0.2) is 0 Å². The molecule has 2 aromatic rings. The van der Waals surface area contributed by atoms with E-state index >= 15 is 0 Å². The summed E-state index contributed by atoms with van der Waals surface area (Å²) in [6, 6.07) is 2.06. The molecule has 0 saturated heterocycles. The third kappa shape index (κ3) is 7.52. The van der Waals surface area contributed by atoms with E-state index in [2.05, 4.69) is 20.9 Å². The molecule has 0 fully saturated rings. The van der Waals surface area contributed by atoms with Crippen molar-refractivity contribution in [2.45, 2.75) is 50.9 Å². The number of amides is 4. The minimum atomic E-state index is -1.65. The lowest BCUT2D eigenvalue weighted by Gasteiger charge is -2.25. The monoisotopic (exact) mass is 504 g/mol. The van der Waals surface area contributed by atoms with E-state index in [1.54, 1.807) is 20.0 Å². The molecule has 0 aliphatic heterocycles. The highest BCUT2D eigenvalue weighted by molar-refractivity contribution is 5.95. The number of aliphatic hydroxyl groups is 1. The van der Waals surface area contributed by atoms with Crippen LogP contribution in [0.1, 0.15) is 25.8 Å². The molecule has 0 spiro atoms. The maximum Gasteiger partial charge on any atom is 0.326 e. The third-order valence-corrected chi connectivity index (χ3v) is 5.59. The van der Waals surface area contributed by atoms with Crippen LogP contribution in [0.25, 0.3) is 10.9 Å². The number of carbonyl (C=O) groups excluding carboxylic acids is 4. The topological polar surface area (TPSA) is 230 Å². The highest BCUT2D eigenvalue weighted by Gasteiger charge is 2.31. The smallest absolute Gasteiger partial charge is 0.326 e. The fourth-order valence-corrected chi connectivity index (χ4v) is 3.44. The molecule has 0 saturated carbocycles. The number of aromatic amines is 1. The average molecular weight is 505 g/mol. The summed E-state index contributed by atoms with van der Waals surface area (Å²) in [5.41, 5.74) is 12.5. The molecule has 1 aromatic heterocycles. The molecule has 1 aromatic carbocycles. The maximum atomic E-state index is 13.1. The van der Waals surface area contributed by atoms with Gasteiger partial charge in [0, 0.05) is 23.5 Å². The normalized spacial score (nSPS) is 14.5. The van der Waals surface area contributed by atoms with Gasteiger partial charge in [-0.05, 0) is 17.5 Å². The van der Waals surface area contributed by atoms with Gasteiger partial charge in [0.05, 0.1) is 19.1 Å². The second-order valence-electron chi connectivity index (χ2n) is 8.71. The van der Waals surface area contributed by atoms with Crippen molar-refractivity contribution < 1.29 is 34.2 Å². The number of H-pyrrole nitrogens is 1. The Hall–Kier alpha value is -3.97. The van der Waals surface area contributed by atoms with Gasteiger partial charge >= 0.3 is 5.97 Å². The van der Waals surface area contributed by atoms with Crippen molar-refractivity contribution in [1.29, 1.82) is 0 Å². The number of hydrogen-bond acceptors (Lipinski definition) is 7. The van der Waals surface area contributed by atoms with Crippen LogP contribution in [0.15, 0.2) is 30.5 Å². The molecule has 36 heavy (non-hydrogen) atoms. The van der Waals surface area contributed by atoms with Crippen LogP contribution in [0.5, 0.6) is 0 Å². The average Bonchev–Trinajstić information content (AvgIpc) is 3.23. The van der Waals surface area contributed by atoms with E-state index in [1.807, 2.05) is 24.3 Å². The molecule has 0 bridgehead atoms. The largest absolute Gasteiger partial charge is 0.480 e. The molecule has 0 aliphatic carbocycles. The number of nitrogens with two attached hydrogens (primary N) is 2. The van der Waals surface area contributed by atoms with E-state index in [1.165, 1.54) is 0 Å². The van der Waals surface area contributed by atoms with Crippen LogP contribution < -0.4 is 27.4 Å². The first kappa shape index (κ1) is 28.3. The highest BCUT2D eigenvalue weighted by Crippen LogP contribution is 2.19. The summed E-state index contributed by atoms with van der Waals surface area (Å²) in [6.45, 7) is 2.62. The zero-order valence-corrected chi connectivity index (χ0v) is 20.0. The first-order valence-corrected chi connectivity index (χ1v) is 11.3. The quantitative estimate of drug-likeness (QED) is 0.153. The highest BCUT2D eigenvalue weighted by atomic mass is 16.4. The number of carboxylic acids is 1. The summed E-state index contributed by atoms with van der Waals surface area (Å²) in [6.07, 6.45) is 1.04. The number of primary amides is 1. The Balaban J connectivity index is 2.24. The summed E-state index contributed by atoms with van der Waals surface area (Å²) in [5, 5.41) is 26.7. The van der Waals surface area contributed by atoms with Crippen molar-refractivity contribution in [3.8, 4) is 0 Å². The van der Waals surface area contributed by atoms with Gasteiger partial charge in [-0.3, -0.25) is 19.2 Å². The Labute approximate surface area is 207 Å². The number of aliphatic carboxylic acids is 1. The standard InChI is InChI=1S/C23H32N6O7/c1-11(2)19(25)22(34)27-15(7-12-9-26-14-6-4-3-5-13(12)14)20(32)29-17(10-30)21(33)28-16(23(35)36)8-18(24)31/h3-6,9,11,15-17,19,26,30H,7-8,10,25H2,1-2H3,(H2,24,31)(H,27,34)(H,28,33)(H,29,32)(H,35,36). The number of hydrogen-bond donors (Lipinski definition) is 8. The van der Waals surface area contributed by atoms with Gasteiger partial charge < -0.3 is 42.6 Å². The number of para-hydroxylation sites is 1. The maximum absolute atomic E-state index is 13.1. The van der Waals surface area contributed by atoms with Crippen LogP contribution in [-0.2, 0) is 30.4 Å². The van der Waals surface area contributed by atoms with Crippen molar-refractivity contribution in [2.75, 3.05) is 6.61 Å². The minimum absolute atomic E-state index is 0.0333. The number of fused-ring (bicyclic) bond motifs is 1. The lowest BCUT2D eigenvalue weighted by molar-refractivity contribution is -0.144. The third-order valence-electron chi connectivity index (χ3n) is 5.59. The van der Waals surface area contributed by atoms with Crippen LogP contribution in [0.3, 0.4) is 0 Å². The molecule has 196 valence electrons. The lowest BCUT2D eigenvalue weighted by atomic mass is 10.0. The summed E-state index contributed by atoms with van der Waals surface area (Å²) in [7, 11) is 0. The van der Waals surface area contributed by atoms with Crippen LogP contribution in [0.4, 0.5) is 0 Å². The number of carboxylic acid groups (broad SMARTS) is 1. The number of benzene rings is 1. The molecule has 13 heteroatoms. The zero-order valence-electron chi connectivity index (χ0n) is 20.0. The fraction of sp³-hybridized carbons (Fsp3) is 0.435. The second kappa shape index (κ2) is 12.7. The molecule has 1 heterocycles. The Kier molecular flexibility index (Phi) is 9.93. The molecular formula is C23H32N6O7. The predicted molar refractivity (Wildman–Crippen MR) is 129 cm³/mol. The van der Waals surface area contributed by atoms with Crippen molar-refractivity contribution in [2.24, 2.45) is 17.4 Å². The van der Waals surface area contributed by atoms with Crippen LogP contribution in [-0.4, -0.2) is 75.6 Å². The SMILES string of the molecule is CC(C)C(N)C(=O)NC(Cc1c[nH]c2ccccc12)C(=O)NC(CO)C(=O)NC(CC(N)=O)C(=O)O. The molecule has 4 unspecified atom stereocenters. The minimum Gasteiger partial charge on any atom is -0.480 e. The summed E-state index contributed by atoms with van der Waals surface area (Å²) >= 11 is 0. The summed E-state index contributed by atoms with van der Waals surface area (Å²) in [4.78, 5) is 63.8. The number of carbonyl (C=O) groups is 5. The number of rotatable bonds is 13. The number of nitrogens with one attached hydrogen (secondary N) is 4.